The second kappa shape index (κ2) is 6.55. The molecule has 1 atom stereocenters. The number of hydrogen-bond donors (Lipinski definition) is 2. The molecular formula is C12H26N2O2. The Morgan fingerprint density at radius 2 is 1.88 bits per heavy atom. The Kier molecular flexibility index (Phi) is 5.69. The first-order chi connectivity index (χ1) is 7.47. The third-order valence-electron chi connectivity index (χ3n) is 2.62. The highest BCUT2D eigenvalue weighted by atomic mass is 16.5. The molecule has 0 bridgehead atoms. The summed E-state index contributed by atoms with van der Waals surface area (Å²) in [5.41, 5.74) is 3.09. The van der Waals surface area contributed by atoms with Crippen LogP contribution in [0.3, 0.4) is 0 Å². The Bertz CT molecular complexity index is 186. The van der Waals surface area contributed by atoms with E-state index in [1.54, 1.807) is 0 Å². The van der Waals surface area contributed by atoms with Crippen LogP contribution in [-0.4, -0.2) is 48.1 Å². The van der Waals surface area contributed by atoms with Crippen LogP contribution < -0.4 is 5.43 Å². The maximum atomic E-state index is 9.73. The van der Waals surface area contributed by atoms with E-state index in [0.717, 1.165) is 13.1 Å². The van der Waals surface area contributed by atoms with Crippen LogP contribution >= 0.6 is 0 Å². The lowest BCUT2D eigenvalue weighted by molar-refractivity contribution is -0.0526. The number of nitrogens with zero attached hydrogens (tertiary/aromatic N) is 1. The Labute approximate surface area is 98.9 Å². The van der Waals surface area contributed by atoms with Gasteiger partial charge in [-0.2, -0.15) is 0 Å². The van der Waals surface area contributed by atoms with E-state index in [4.69, 9.17) is 4.74 Å². The molecule has 1 aliphatic heterocycles. The van der Waals surface area contributed by atoms with Crippen LogP contribution in [0.4, 0.5) is 0 Å². The van der Waals surface area contributed by atoms with Crippen LogP contribution in [0.5, 0.6) is 0 Å². The van der Waals surface area contributed by atoms with Crippen LogP contribution in [0.25, 0.3) is 0 Å². The Balaban J connectivity index is 2.07. The molecule has 96 valence electrons. The summed E-state index contributed by atoms with van der Waals surface area (Å²) in [4.78, 5) is 0. The zero-order chi connectivity index (χ0) is 12.0. The lowest BCUT2D eigenvalue weighted by Crippen LogP contribution is -2.46. The van der Waals surface area contributed by atoms with Gasteiger partial charge in [-0.05, 0) is 33.6 Å². The number of ether oxygens (including phenoxy) is 1. The predicted molar refractivity (Wildman–Crippen MR) is 65.1 cm³/mol. The quantitative estimate of drug-likeness (QED) is 0.744. The lowest BCUT2D eigenvalue weighted by Gasteiger charge is -2.29. The fourth-order valence-corrected chi connectivity index (χ4v) is 1.69. The second-order valence-corrected chi connectivity index (χ2v) is 5.49. The molecule has 1 rings (SSSR count). The normalized spacial score (nSPS) is 21.0. The molecule has 0 radical (unpaired) electrons. The van der Waals surface area contributed by atoms with E-state index in [9.17, 15) is 5.11 Å². The van der Waals surface area contributed by atoms with Gasteiger partial charge in [-0.25, -0.2) is 5.01 Å². The molecule has 0 aromatic rings. The first kappa shape index (κ1) is 13.9. The van der Waals surface area contributed by atoms with Crippen LogP contribution in [0.2, 0.25) is 0 Å². The SMILES string of the molecule is CC(C)(C)OCC(O)CNN1CCCCC1. The number of nitrogens with one attached hydrogen (secondary N) is 1. The number of hydrazine groups is 1. The minimum atomic E-state index is -0.429. The standard InChI is InChI=1S/C12H26N2O2/c1-12(2,3)16-10-11(15)9-13-14-7-5-4-6-8-14/h11,13,15H,4-10H2,1-3H3. The molecule has 0 saturated carbocycles. The van der Waals surface area contributed by atoms with Crippen molar-refractivity contribution in [2.75, 3.05) is 26.2 Å². The summed E-state index contributed by atoms with van der Waals surface area (Å²) in [6.45, 7) is 9.15. The first-order valence-corrected chi connectivity index (χ1v) is 6.28. The van der Waals surface area contributed by atoms with Gasteiger partial charge < -0.3 is 9.84 Å². The molecule has 0 spiro atoms. The smallest absolute Gasteiger partial charge is 0.0911 e. The molecule has 4 heteroatoms. The summed E-state index contributed by atoms with van der Waals surface area (Å²) < 4.78 is 5.52. The number of aliphatic hydroxyl groups is 1. The van der Waals surface area contributed by atoms with Crippen molar-refractivity contribution in [1.82, 2.24) is 10.4 Å². The largest absolute Gasteiger partial charge is 0.389 e. The molecule has 1 unspecified atom stereocenters. The summed E-state index contributed by atoms with van der Waals surface area (Å²) in [5.74, 6) is 0. The van der Waals surface area contributed by atoms with Gasteiger partial charge in [0, 0.05) is 19.6 Å². The minimum absolute atomic E-state index is 0.174. The highest BCUT2D eigenvalue weighted by Gasteiger charge is 2.15. The van der Waals surface area contributed by atoms with E-state index >= 15 is 0 Å². The van der Waals surface area contributed by atoms with E-state index in [-0.39, 0.29) is 5.60 Å². The van der Waals surface area contributed by atoms with Crippen molar-refractivity contribution in [3.05, 3.63) is 0 Å². The maximum Gasteiger partial charge on any atom is 0.0911 e. The molecule has 1 fully saturated rings. The third kappa shape index (κ3) is 6.43. The van der Waals surface area contributed by atoms with Crippen molar-refractivity contribution in [1.29, 1.82) is 0 Å². The maximum absolute atomic E-state index is 9.73. The first-order valence-electron chi connectivity index (χ1n) is 6.28. The van der Waals surface area contributed by atoms with Crippen molar-refractivity contribution in [2.45, 2.75) is 51.7 Å². The molecule has 0 aromatic carbocycles. The molecule has 0 amide bonds. The highest BCUT2D eigenvalue weighted by molar-refractivity contribution is 4.65. The average Bonchev–Trinajstić information content (AvgIpc) is 2.24. The summed E-state index contributed by atoms with van der Waals surface area (Å²) >= 11 is 0. The molecular weight excluding hydrogens is 204 g/mol. The predicted octanol–water partition coefficient (Wildman–Crippen LogP) is 1.15. The lowest BCUT2D eigenvalue weighted by atomic mass is 10.2. The molecule has 1 aliphatic rings. The number of piperidine rings is 1. The summed E-state index contributed by atoms with van der Waals surface area (Å²) in [6, 6.07) is 0. The Morgan fingerprint density at radius 3 is 2.44 bits per heavy atom. The molecule has 0 aliphatic carbocycles. The monoisotopic (exact) mass is 230 g/mol. The molecule has 16 heavy (non-hydrogen) atoms. The van der Waals surface area contributed by atoms with Gasteiger partial charge in [-0.15, -0.1) is 0 Å². The molecule has 0 aromatic heterocycles. The Hall–Kier alpha value is -0.160. The third-order valence-corrected chi connectivity index (χ3v) is 2.62. The van der Waals surface area contributed by atoms with Crippen LogP contribution in [0, 0.1) is 0 Å². The average molecular weight is 230 g/mol. The van der Waals surface area contributed by atoms with Gasteiger partial charge in [0.25, 0.3) is 0 Å². The van der Waals surface area contributed by atoms with Crippen molar-refractivity contribution in [3.8, 4) is 0 Å². The van der Waals surface area contributed by atoms with E-state index < -0.39 is 6.10 Å². The fraction of sp³-hybridized carbons (Fsp3) is 1.00. The van der Waals surface area contributed by atoms with E-state index in [1.165, 1.54) is 19.3 Å². The number of aliphatic hydroxyl groups excluding tert-OH is 1. The molecule has 1 saturated heterocycles. The van der Waals surface area contributed by atoms with Gasteiger partial charge >= 0.3 is 0 Å². The van der Waals surface area contributed by atoms with E-state index in [0.29, 0.717) is 13.2 Å². The van der Waals surface area contributed by atoms with Gasteiger partial charge in [0.2, 0.25) is 0 Å². The van der Waals surface area contributed by atoms with Gasteiger partial charge in [0.05, 0.1) is 18.3 Å². The Morgan fingerprint density at radius 1 is 1.25 bits per heavy atom. The van der Waals surface area contributed by atoms with Crippen molar-refractivity contribution < 1.29 is 9.84 Å². The zero-order valence-corrected chi connectivity index (χ0v) is 10.8. The summed E-state index contributed by atoms with van der Waals surface area (Å²) in [5, 5.41) is 11.9. The van der Waals surface area contributed by atoms with Crippen molar-refractivity contribution in [3.63, 3.8) is 0 Å². The summed E-state index contributed by atoms with van der Waals surface area (Å²) in [7, 11) is 0. The van der Waals surface area contributed by atoms with Gasteiger partial charge in [-0.3, -0.25) is 5.43 Å². The van der Waals surface area contributed by atoms with Crippen LogP contribution in [-0.2, 0) is 4.74 Å². The van der Waals surface area contributed by atoms with E-state index in [1.807, 2.05) is 20.8 Å². The van der Waals surface area contributed by atoms with Crippen LogP contribution in [0.15, 0.2) is 0 Å². The second-order valence-electron chi connectivity index (χ2n) is 5.49. The fourth-order valence-electron chi connectivity index (χ4n) is 1.69. The molecule has 4 nitrogen and oxygen atoms in total. The van der Waals surface area contributed by atoms with Crippen molar-refractivity contribution in [2.24, 2.45) is 0 Å². The number of rotatable bonds is 5. The van der Waals surface area contributed by atoms with Gasteiger partial charge in [0.15, 0.2) is 0 Å². The topological polar surface area (TPSA) is 44.7 Å². The zero-order valence-electron chi connectivity index (χ0n) is 10.8. The minimum Gasteiger partial charge on any atom is -0.389 e. The van der Waals surface area contributed by atoms with Crippen LogP contribution in [0.1, 0.15) is 40.0 Å². The van der Waals surface area contributed by atoms with Crippen molar-refractivity contribution >= 4 is 0 Å². The highest BCUT2D eigenvalue weighted by Crippen LogP contribution is 2.08. The molecule has 2 N–H and O–H groups in total. The molecule has 1 heterocycles. The van der Waals surface area contributed by atoms with Gasteiger partial charge in [-0.1, -0.05) is 6.42 Å². The van der Waals surface area contributed by atoms with E-state index in [2.05, 4.69) is 10.4 Å². The van der Waals surface area contributed by atoms with Gasteiger partial charge in [0.1, 0.15) is 0 Å². The number of hydrogen-bond acceptors (Lipinski definition) is 4. The summed E-state index contributed by atoms with van der Waals surface area (Å²) in [6.07, 6.45) is 3.40.